The summed E-state index contributed by atoms with van der Waals surface area (Å²) >= 11 is 6.13. The molecule has 0 bridgehead atoms. The van der Waals surface area contributed by atoms with Crippen molar-refractivity contribution in [3.8, 4) is 5.75 Å². The lowest BCUT2D eigenvalue weighted by Gasteiger charge is -2.14. The van der Waals surface area contributed by atoms with Gasteiger partial charge in [0.25, 0.3) is 0 Å². The van der Waals surface area contributed by atoms with Gasteiger partial charge in [-0.2, -0.15) is 0 Å². The molecule has 0 radical (unpaired) electrons. The Morgan fingerprint density at radius 2 is 1.68 bits per heavy atom. The summed E-state index contributed by atoms with van der Waals surface area (Å²) in [4.78, 5) is 0. The van der Waals surface area contributed by atoms with Crippen LogP contribution in [0.1, 0.15) is 22.3 Å². The minimum Gasteiger partial charge on any atom is -0.488 e. The fraction of sp³-hybridized carbons (Fsp3) is 0.250. The van der Waals surface area contributed by atoms with Crippen molar-refractivity contribution in [2.24, 2.45) is 0 Å². The maximum absolute atomic E-state index is 6.13. The van der Waals surface area contributed by atoms with Crippen LogP contribution in [0.2, 0.25) is 5.02 Å². The molecule has 0 aliphatic heterocycles. The third-order valence-corrected chi connectivity index (χ3v) is 3.42. The Bertz CT molecular complexity index is 585. The average molecular weight is 276 g/mol. The molecule has 0 saturated heterocycles. The van der Waals surface area contributed by atoms with Crippen molar-refractivity contribution in [3.05, 3.63) is 57.6 Å². The highest BCUT2D eigenvalue weighted by atomic mass is 35.5. The highest BCUT2D eigenvalue weighted by molar-refractivity contribution is 6.31. The molecule has 0 aliphatic rings. The lowest BCUT2D eigenvalue weighted by Crippen LogP contribution is -2.01. The second-order valence-corrected chi connectivity index (χ2v) is 5.27. The van der Waals surface area contributed by atoms with Crippen molar-refractivity contribution in [1.82, 2.24) is 0 Å². The molecule has 2 nitrogen and oxygen atoms in total. The maximum Gasteiger partial charge on any atom is 0.125 e. The van der Waals surface area contributed by atoms with Crippen LogP contribution in [0.25, 0.3) is 0 Å². The van der Waals surface area contributed by atoms with Crippen LogP contribution in [-0.2, 0) is 6.61 Å². The van der Waals surface area contributed by atoms with Gasteiger partial charge in [-0.1, -0.05) is 29.3 Å². The molecule has 2 N–H and O–H groups in total. The fourth-order valence-electron chi connectivity index (χ4n) is 2.25. The first kappa shape index (κ1) is 13.8. The monoisotopic (exact) mass is 275 g/mol. The number of hydrogen-bond donors (Lipinski definition) is 1. The highest BCUT2D eigenvalue weighted by Crippen LogP contribution is 2.27. The third-order valence-electron chi connectivity index (χ3n) is 3.05. The summed E-state index contributed by atoms with van der Waals surface area (Å²) in [5.74, 6) is 0.920. The lowest BCUT2D eigenvalue weighted by atomic mass is 10.1. The zero-order valence-corrected chi connectivity index (χ0v) is 12.2. The first-order chi connectivity index (χ1) is 8.97. The van der Waals surface area contributed by atoms with Crippen molar-refractivity contribution in [2.75, 3.05) is 5.73 Å². The van der Waals surface area contributed by atoms with E-state index in [-0.39, 0.29) is 0 Å². The van der Waals surface area contributed by atoms with E-state index < -0.39 is 0 Å². The van der Waals surface area contributed by atoms with E-state index in [1.54, 1.807) is 12.1 Å². The van der Waals surface area contributed by atoms with Crippen molar-refractivity contribution in [3.63, 3.8) is 0 Å². The number of aryl methyl sites for hydroxylation is 3. The van der Waals surface area contributed by atoms with Gasteiger partial charge < -0.3 is 10.5 Å². The number of ether oxygens (including phenoxy) is 1. The van der Waals surface area contributed by atoms with E-state index in [2.05, 4.69) is 32.9 Å². The Balaban J connectivity index is 2.21. The summed E-state index contributed by atoms with van der Waals surface area (Å²) in [6.07, 6.45) is 0. The predicted molar refractivity (Wildman–Crippen MR) is 80.8 cm³/mol. The fourth-order valence-corrected chi connectivity index (χ4v) is 2.42. The van der Waals surface area contributed by atoms with Crippen LogP contribution < -0.4 is 10.5 Å². The second kappa shape index (κ2) is 5.54. The van der Waals surface area contributed by atoms with Gasteiger partial charge >= 0.3 is 0 Å². The van der Waals surface area contributed by atoms with Crippen LogP contribution >= 0.6 is 11.6 Å². The summed E-state index contributed by atoms with van der Waals surface area (Å²) in [6.45, 7) is 6.61. The molecule has 0 spiro atoms. The number of hydrogen-bond acceptors (Lipinski definition) is 2. The number of nitrogen functional groups attached to an aromatic ring is 1. The summed E-state index contributed by atoms with van der Waals surface area (Å²) in [5.41, 5.74) is 10.9. The molecule has 0 aliphatic carbocycles. The van der Waals surface area contributed by atoms with Crippen LogP contribution in [0.15, 0.2) is 30.3 Å². The van der Waals surface area contributed by atoms with Crippen molar-refractivity contribution >= 4 is 17.3 Å². The van der Waals surface area contributed by atoms with E-state index in [0.717, 1.165) is 22.4 Å². The SMILES string of the molecule is Cc1cc(C)c(OCc2cc(N)ccc2Cl)c(C)c1. The molecule has 0 fully saturated rings. The summed E-state index contributed by atoms with van der Waals surface area (Å²) in [5, 5.41) is 0.677. The van der Waals surface area contributed by atoms with Crippen molar-refractivity contribution < 1.29 is 4.74 Å². The molecule has 3 heteroatoms. The Hall–Kier alpha value is -1.67. The number of halogens is 1. The molecule has 0 amide bonds. The molecular weight excluding hydrogens is 258 g/mol. The number of nitrogens with two attached hydrogens (primary N) is 1. The van der Waals surface area contributed by atoms with Crippen LogP contribution in [0, 0.1) is 20.8 Å². The second-order valence-electron chi connectivity index (χ2n) is 4.87. The first-order valence-corrected chi connectivity index (χ1v) is 6.59. The quantitative estimate of drug-likeness (QED) is 0.841. The van der Waals surface area contributed by atoms with Gasteiger partial charge in [0, 0.05) is 16.3 Å². The van der Waals surface area contributed by atoms with Gasteiger partial charge in [0.15, 0.2) is 0 Å². The molecule has 100 valence electrons. The maximum atomic E-state index is 6.13. The van der Waals surface area contributed by atoms with E-state index in [9.17, 15) is 0 Å². The van der Waals surface area contributed by atoms with E-state index in [4.69, 9.17) is 22.1 Å². The Labute approximate surface area is 119 Å². The lowest BCUT2D eigenvalue weighted by molar-refractivity contribution is 0.302. The molecule has 0 aromatic heterocycles. The minimum atomic E-state index is 0.425. The Morgan fingerprint density at radius 3 is 2.32 bits per heavy atom. The first-order valence-electron chi connectivity index (χ1n) is 6.22. The van der Waals surface area contributed by atoms with Crippen molar-refractivity contribution in [2.45, 2.75) is 27.4 Å². The number of anilines is 1. The van der Waals surface area contributed by atoms with E-state index in [1.165, 1.54) is 5.56 Å². The van der Waals surface area contributed by atoms with E-state index in [0.29, 0.717) is 17.3 Å². The molecule has 19 heavy (non-hydrogen) atoms. The molecule has 0 heterocycles. The van der Waals surface area contributed by atoms with Gasteiger partial charge in [0.05, 0.1) is 0 Å². The molecule has 0 atom stereocenters. The normalized spacial score (nSPS) is 10.5. The molecule has 0 unspecified atom stereocenters. The number of benzene rings is 2. The van der Waals surface area contributed by atoms with Gasteiger partial charge in [0.1, 0.15) is 12.4 Å². The molecule has 0 saturated carbocycles. The predicted octanol–water partition coefficient (Wildman–Crippen LogP) is 4.43. The van der Waals surface area contributed by atoms with Gasteiger partial charge in [-0.25, -0.2) is 0 Å². The molecule has 2 aromatic rings. The smallest absolute Gasteiger partial charge is 0.125 e. The molecular formula is C16H18ClNO. The zero-order valence-electron chi connectivity index (χ0n) is 11.5. The van der Waals surface area contributed by atoms with Crippen molar-refractivity contribution in [1.29, 1.82) is 0 Å². The largest absolute Gasteiger partial charge is 0.488 e. The van der Waals surface area contributed by atoms with Gasteiger partial charge in [-0.3, -0.25) is 0 Å². The Morgan fingerprint density at radius 1 is 1.05 bits per heavy atom. The molecule has 2 rings (SSSR count). The van der Waals surface area contributed by atoms with Crippen LogP contribution in [0.3, 0.4) is 0 Å². The van der Waals surface area contributed by atoms with Gasteiger partial charge in [0.2, 0.25) is 0 Å². The average Bonchev–Trinajstić information content (AvgIpc) is 2.32. The highest BCUT2D eigenvalue weighted by Gasteiger charge is 2.07. The van der Waals surface area contributed by atoms with Crippen LogP contribution in [-0.4, -0.2) is 0 Å². The zero-order chi connectivity index (χ0) is 14.0. The van der Waals surface area contributed by atoms with E-state index >= 15 is 0 Å². The summed E-state index contributed by atoms with van der Waals surface area (Å²) in [6, 6.07) is 9.66. The topological polar surface area (TPSA) is 35.2 Å². The van der Waals surface area contributed by atoms with Gasteiger partial charge in [-0.15, -0.1) is 0 Å². The van der Waals surface area contributed by atoms with Crippen LogP contribution in [0.4, 0.5) is 5.69 Å². The summed E-state index contributed by atoms with van der Waals surface area (Å²) in [7, 11) is 0. The molecule has 2 aromatic carbocycles. The Kier molecular flexibility index (Phi) is 4.01. The van der Waals surface area contributed by atoms with Gasteiger partial charge in [-0.05, 0) is 50.1 Å². The third kappa shape index (κ3) is 3.21. The number of rotatable bonds is 3. The minimum absolute atomic E-state index is 0.425. The van der Waals surface area contributed by atoms with E-state index in [1.807, 2.05) is 6.07 Å². The standard InChI is InChI=1S/C16H18ClNO/c1-10-6-11(2)16(12(3)7-10)19-9-13-8-14(18)4-5-15(13)17/h4-8H,9,18H2,1-3H3. The van der Waals surface area contributed by atoms with Crippen LogP contribution in [0.5, 0.6) is 5.75 Å². The summed E-state index contributed by atoms with van der Waals surface area (Å²) < 4.78 is 5.90.